The average molecular weight is 222 g/mol. The van der Waals surface area contributed by atoms with Crippen LogP contribution in [0.15, 0.2) is 18.2 Å². The lowest BCUT2D eigenvalue weighted by Crippen LogP contribution is -2.00. The van der Waals surface area contributed by atoms with Gasteiger partial charge in [0.1, 0.15) is 11.6 Å². The van der Waals surface area contributed by atoms with Crippen LogP contribution in [0, 0.1) is 5.82 Å². The Hall–Kier alpha value is -1.42. The standard InChI is InChI=1S/C12H15FN2O/c1-2-6-16-7-5-12-14-10-4-3-9(13)8-11(10)15-12/h3-4,8H,2,5-7H2,1H3,(H,14,15). The molecular formula is C12H15FN2O. The van der Waals surface area contributed by atoms with E-state index in [1.807, 2.05) is 0 Å². The van der Waals surface area contributed by atoms with E-state index >= 15 is 0 Å². The van der Waals surface area contributed by atoms with Gasteiger partial charge in [0.05, 0.1) is 17.6 Å². The fraction of sp³-hybridized carbons (Fsp3) is 0.417. The number of fused-ring (bicyclic) bond motifs is 1. The summed E-state index contributed by atoms with van der Waals surface area (Å²) in [7, 11) is 0. The molecule has 1 aromatic carbocycles. The monoisotopic (exact) mass is 222 g/mol. The molecule has 0 saturated heterocycles. The first-order chi connectivity index (χ1) is 7.79. The Morgan fingerprint density at radius 3 is 3.06 bits per heavy atom. The predicted octanol–water partition coefficient (Wildman–Crippen LogP) is 2.67. The third-order valence-corrected chi connectivity index (χ3v) is 2.32. The summed E-state index contributed by atoms with van der Waals surface area (Å²) in [5.74, 6) is 0.599. The number of aromatic amines is 1. The van der Waals surface area contributed by atoms with E-state index in [0.717, 1.165) is 36.3 Å². The molecule has 0 fully saturated rings. The summed E-state index contributed by atoms with van der Waals surface area (Å²) in [6, 6.07) is 4.55. The molecule has 0 aliphatic carbocycles. The van der Waals surface area contributed by atoms with Crippen LogP contribution in [0.4, 0.5) is 4.39 Å². The van der Waals surface area contributed by atoms with Crippen molar-refractivity contribution in [2.75, 3.05) is 13.2 Å². The maximum absolute atomic E-state index is 12.9. The van der Waals surface area contributed by atoms with Crippen LogP contribution in [0.1, 0.15) is 19.2 Å². The number of nitrogens with one attached hydrogen (secondary N) is 1. The third kappa shape index (κ3) is 2.58. The van der Waals surface area contributed by atoms with Crippen molar-refractivity contribution < 1.29 is 9.13 Å². The Kier molecular flexibility index (Phi) is 3.51. The minimum atomic E-state index is -0.245. The van der Waals surface area contributed by atoms with E-state index in [4.69, 9.17) is 4.74 Å². The van der Waals surface area contributed by atoms with Crippen molar-refractivity contribution >= 4 is 11.0 Å². The zero-order valence-electron chi connectivity index (χ0n) is 9.29. The summed E-state index contributed by atoms with van der Waals surface area (Å²) < 4.78 is 18.3. The van der Waals surface area contributed by atoms with E-state index in [1.54, 1.807) is 6.07 Å². The molecule has 86 valence electrons. The van der Waals surface area contributed by atoms with Gasteiger partial charge in [-0.3, -0.25) is 0 Å². The van der Waals surface area contributed by atoms with Gasteiger partial charge in [0.2, 0.25) is 0 Å². The Bertz CT molecular complexity index is 467. The second kappa shape index (κ2) is 5.07. The maximum atomic E-state index is 12.9. The van der Waals surface area contributed by atoms with Gasteiger partial charge in [-0.1, -0.05) is 6.92 Å². The minimum absolute atomic E-state index is 0.245. The van der Waals surface area contributed by atoms with Crippen LogP contribution in [0.2, 0.25) is 0 Å². The van der Waals surface area contributed by atoms with Crippen molar-refractivity contribution in [1.29, 1.82) is 0 Å². The molecule has 0 unspecified atom stereocenters. The third-order valence-electron chi connectivity index (χ3n) is 2.32. The second-order valence-corrected chi connectivity index (χ2v) is 3.71. The largest absolute Gasteiger partial charge is 0.381 e. The van der Waals surface area contributed by atoms with Gasteiger partial charge < -0.3 is 9.72 Å². The number of hydrogen-bond acceptors (Lipinski definition) is 2. The lowest BCUT2D eigenvalue weighted by Gasteiger charge is -1.98. The van der Waals surface area contributed by atoms with Crippen LogP contribution >= 0.6 is 0 Å². The van der Waals surface area contributed by atoms with Crippen molar-refractivity contribution in [3.8, 4) is 0 Å². The van der Waals surface area contributed by atoms with E-state index in [0.29, 0.717) is 6.61 Å². The highest BCUT2D eigenvalue weighted by atomic mass is 19.1. The Balaban J connectivity index is 2.02. The van der Waals surface area contributed by atoms with E-state index in [2.05, 4.69) is 16.9 Å². The summed E-state index contributed by atoms with van der Waals surface area (Å²) in [6.45, 7) is 3.50. The van der Waals surface area contributed by atoms with Crippen molar-refractivity contribution in [1.82, 2.24) is 9.97 Å². The Morgan fingerprint density at radius 2 is 2.25 bits per heavy atom. The number of hydrogen-bond donors (Lipinski definition) is 1. The van der Waals surface area contributed by atoms with E-state index in [9.17, 15) is 4.39 Å². The highest BCUT2D eigenvalue weighted by Crippen LogP contribution is 2.13. The molecule has 0 aliphatic rings. The summed E-state index contributed by atoms with van der Waals surface area (Å²) in [6.07, 6.45) is 1.75. The molecular weight excluding hydrogens is 207 g/mol. The van der Waals surface area contributed by atoms with Gasteiger partial charge in [-0.05, 0) is 24.6 Å². The summed E-state index contributed by atoms with van der Waals surface area (Å²) >= 11 is 0. The van der Waals surface area contributed by atoms with Crippen molar-refractivity contribution in [3.05, 3.63) is 29.8 Å². The molecule has 16 heavy (non-hydrogen) atoms. The number of aromatic nitrogens is 2. The van der Waals surface area contributed by atoms with E-state index in [-0.39, 0.29) is 5.82 Å². The van der Waals surface area contributed by atoms with Crippen LogP contribution in [0.3, 0.4) is 0 Å². The first-order valence-corrected chi connectivity index (χ1v) is 5.51. The van der Waals surface area contributed by atoms with E-state index < -0.39 is 0 Å². The first kappa shape index (κ1) is 11.1. The van der Waals surface area contributed by atoms with Gasteiger partial charge in [-0.25, -0.2) is 9.37 Å². The molecule has 1 heterocycles. The summed E-state index contributed by atoms with van der Waals surface area (Å²) in [4.78, 5) is 7.43. The van der Waals surface area contributed by atoms with Crippen molar-refractivity contribution in [2.45, 2.75) is 19.8 Å². The van der Waals surface area contributed by atoms with E-state index in [1.165, 1.54) is 12.1 Å². The molecule has 3 nitrogen and oxygen atoms in total. The lowest BCUT2D eigenvalue weighted by molar-refractivity contribution is 0.137. The molecule has 0 saturated carbocycles. The molecule has 0 amide bonds. The molecule has 2 rings (SSSR count). The quantitative estimate of drug-likeness (QED) is 0.790. The molecule has 0 atom stereocenters. The fourth-order valence-electron chi connectivity index (χ4n) is 1.57. The highest BCUT2D eigenvalue weighted by Gasteiger charge is 2.03. The summed E-state index contributed by atoms with van der Waals surface area (Å²) in [5, 5.41) is 0. The topological polar surface area (TPSA) is 37.9 Å². The highest BCUT2D eigenvalue weighted by molar-refractivity contribution is 5.74. The average Bonchev–Trinajstić information content (AvgIpc) is 2.66. The lowest BCUT2D eigenvalue weighted by atomic mass is 10.3. The first-order valence-electron chi connectivity index (χ1n) is 5.51. The number of halogens is 1. The van der Waals surface area contributed by atoms with Crippen LogP contribution < -0.4 is 0 Å². The Labute approximate surface area is 93.6 Å². The molecule has 0 aliphatic heterocycles. The van der Waals surface area contributed by atoms with Crippen molar-refractivity contribution in [2.24, 2.45) is 0 Å². The van der Waals surface area contributed by atoms with Crippen LogP contribution in [-0.4, -0.2) is 23.2 Å². The smallest absolute Gasteiger partial charge is 0.125 e. The van der Waals surface area contributed by atoms with Crippen molar-refractivity contribution in [3.63, 3.8) is 0 Å². The number of rotatable bonds is 5. The number of ether oxygens (including phenoxy) is 1. The van der Waals surface area contributed by atoms with Gasteiger partial charge in [-0.2, -0.15) is 0 Å². The molecule has 4 heteroatoms. The molecule has 1 N–H and O–H groups in total. The number of H-pyrrole nitrogens is 1. The van der Waals surface area contributed by atoms with Gasteiger partial charge in [0.25, 0.3) is 0 Å². The molecule has 2 aromatic rings. The van der Waals surface area contributed by atoms with Gasteiger partial charge in [0, 0.05) is 13.0 Å². The summed E-state index contributed by atoms with van der Waals surface area (Å²) in [5.41, 5.74) is 1.54. The Morgan fingerprint density at radius 1 is 1.38 bits per heavy atom. The van der Waals surface area contributed by atoms with Gasteiger partial charge in [-0.15, -0.1) is 0 Å². The second-order valence-electron chi connectivity index (χ2n) is 3.71. The predicted molar refractivity (Wildman–Crippen MR) is 60.9 cm³/mol. The van der Waals surface area contributed by atoms with Gasteiger partial charge >= 0.3 is 0 Å². The van der Waals surface area contributed by atoms with Gasteiger partial charge in [0.15, 0.2) is 0 Å². The van der Waals surface area contributed by atoms with Crippen LogP contribution in [0.5, 0.6) is 0 Å². The van der Waals surface area contributed by atoms with Crippen LogP contribution in [0.25, 0.3) is 11.0 Å². The maximum Gasteiger partial charge on any atom is 0.125 e. The number of nitrogens with zero attached hydrogens (tertiary/aromatic N) is 1. The zero-order chi connectivity index (χ0) is 11.4. The molecule has 1 aromatic heterocycles. The fourth-order valence-corrected chi connectivity index (χ4v) is 1.57. The molecule has 0 radical (unpaired) electrons. The SMILES string of the molecule is CCCOCCc1nc2ccc(F)cc2[nH]1. The zero-order valence-corrected chi connectivity index (χ0v) is 9.29. The number of benzene rings is 1. The normalized spacial score (nSPS) is 11.1. The number of imidazole rings is 1. The minimum Gasteiger partial charge on any atom is -0.381 e. The van der Waals surface area contributed by atoms with Crippen LogP contribution in [-0.2, 0) is 11.2 Å². The molecule has 0 bridgehead atoms. The molecule has 0 spiro atoms.